The second kappa shape index (κ2) is 4.17. The van der Waals surface area contributed by atoms with Crippen LogP contribution < -0.4 is 0 Å². The van der Waals surface area contributed by atoms with Crippen LogP contribution in [0, 0.1) is 5.92 Å². The number of nitrogens with zero attached hydrogens (tertiary/aromatic N) is 1. The maximum Gasteiger partial charge on any atom is 0.162 e. The Morgan fingerprint density at radius 1 is 1.14 bits per heavy atom. The van der Waals surface area contributed by atoms with Crippen LogP contribution in [0.15, 0.2) is 0 Å². The highest BCUT2D eigenvalue weighted by Crippen LogP contribution is 2.22. The Hall–Kier alpha value is -0.120. The summed E-state index contributed by atoms with van der Waals surface area (Å²) in [4.78, 5) is 2.52. The van der Waals surface area contributed by atoms with Crippen molar-refractivity contribution in [3.05, 3.63) is 0 Å². The molecule has 2 fully saturated rings. The van der Waals surface area contributed by atoms with E-state index in [1.807, 2.05) is 13.8 Å². The van der Waals surface area contributed by atoms with Crippen LogP contribution in [0.25, 0.3) is 0 Å². The van der Waals surface area contributed by atoms with E-state index in [1.165, 1.54) is 25.9 Å². The van der Waals surface area contributed by atoms with Crippen molar-refractivity contribution in [3.63, 3.8) is 0 Å². The molecule has 2 aliphatic heterocycles. The van der Waals surface area contributed by atoms with Crippen LogP contribution in [0.5, 0.6) is 0 Å². The Morgan fingerprint density at radius 2 is 1.71 bits per heavy atom. The first-order valence-electron chi connectivity index (χ1n) is 5.66. The van der Waals surface area contributed by atoms with Crippen LogP contribution in [0.4, 0.5) is 0 Å². The number of ether oxygens (including phenoxy) is 2. The Labute approximate surface area is 86.4 Å². The van der Waals surface area contributed by atoms with Crippen molar-refractivity contribution in [2.24, 2.45) is 5.92 Å². The molecule has 3 heteroatoms. The quantitative estimate of drug-likeness (QED) is 0.672. The molecule has 2 rings (SSSR count). The second-order valence-corrected chi connectivity index (χ2v) is 4.90. The summed E-state index contributed by atoms with van der Waals surface area (Å²) >= 11 is 0. The molecule has 2 aliphatic rings. The second-order valence-electron chi connectivity index (χ2n) is 4.90. The molecule has 0 aliphatic carbocycles. The van der Waals surface area contributed by atoms with Gasteiger partial charge in [0.05, 0.1) is 13.2 Å². The molecule has 3 nitrogen and oxygen atoms in total. The van der Waals surface area contributed by atoms with Gasteiger partial charge >= 0.3 is 0 Å². The maximum atomic E-state index is 5.64. The summed E-state index contributed by atoms with van der Waals surface area (Å²) in [7, 11) is 0. The van der Waals surface area contributed by atoms with Crippen LogP contribution in [-0.4, -0.2) is 43.5 Å². The van der Waals surface area contributed by atoms with Gasteiger partial charge in [-0.25, -0.2) is 0 Å². The van der Waals surface area contributed by atoms with Crippen molar-refractivity contribution >= 4 is 0 Å². The summed E-state index contributed by atoms with van der Waals surface area (Å²) in [6.45, 7) is 9.35. The minimum Gasteiger partial charge on any atom is -0.350 e. The van der Waals surface area contributed by atoms with Gasteiger partial charge in [0.15, 0.2) is 5.79 Å². The van der Waals surface area contributed by atoms with E-state index in [0.717, 1.165) is 19.8 Å². The van der Waals surface area contributed by atoms with Crippen LogP contribution >= 0.6 is 0 Å². The normalized spacial score (nSPS) is 29.6. The van der Waals surface area contributed by atoms with Gasteiger partial charge in [-0.15, -0.1) is 0 Å². The molecule has 0 amide bonds. The van der Waals surface area contributed by atoms with Crippen molar-refractivity contribution in [1.29, 1.82) is 0 Å². The molecule has 0 unspecified atom stereocenters. The lowest BCUT2D eigenvalue weighted by Gasteiger charge is -2.36. The molecule has 14 heavy (non-hydrogen) atoms. The predicted molar refractivity (Wildman–Crippen MR) is 55.1 cm³/mol. The lowest BCUT2D eigenvalue weighted by molar-refractivity contribution is -0.263. The zero-order chi connectivity index (χ0) is 10.0. The van der Waals surface area contributed by atoms with Crippen LogP contribution in [-0.2, 0) is 9.47 Å². The zero-order valence-electron chi connectivity index (χ0n) is 9.29. The summed E-state index contributed by atoms with van der Waals surface area (Å²) in [6, 6.07) is 0. The number of likely N-dealkylation sites (tertiary alicyclic amines) is 1. The topological polar surface area (TPSA) is 21.7 Å². The van der Waals surface area contributed by atoms with Crippen molar-refractivity contribution in [2.75, 3.05) is 32.8 Å². The highest BCUT2D eigenvalue weighted by molar-refractivity contribution is 4.74. The first-order chi connectivity index (χ1) is 6.66. The lowest BCUT2D eigenvalue weighted by Crippen LogP contribution is -2.43. The Balaban J connectivity index is 1.72. The molecule has 2 heterocycles. The van der Waals surface area contributed by atoms with E-state index < -0.39 is 0 Å². The van der Waals surface area contributed by atoms with Crippen molar-refractivity contribution in [3.8, 4) is 0 Å². The largest absolute Gasteiger partial charge is 0.350 e. The first-order valence-corrected chi connectivity index (χ1v) is 5.66. The number of hydrogen-bond donors (Lipinski definition) is 0. The highest BCUT2D eigenvalue weighted by atomic mass is 16.7. The maximum absolute atomic E-state index is 5.64. The minimum absolute atomic E-state index is 0.360. The van der Waals surface area contributed by atoms with E-state index in [9.17, 15) is 0 Å². The van der Waals surface area contributed by atoms with Gasteiger partial charge in [0.2, 0.25) is 0 Å². The average Bonchev–Trinajstić information content (AvgIpc) is 2.61. The number of hydrogen-bond acceptors (Lipinski definition) is 3. The first kappa shape index (κ1) is 10.4. The zero-order valence-corrected chi connectivity index (χ0v) is 9.29. The molecule has 0 aromatic heterocycles. The van der Waals surface area contributed by atoms with E-state index in [4.69, 9.17) is 9.47 Å². The SMILES string of the molecule is CC1(C)OCC(CN2CCCC2)CO1. The summed E-state index contributed by atoms with van der Waals surface area (Å²) in [5.41, 5.74) is 0. The van der Waals surface area contributed by atoms with E-state index >= 15 is 0 Å². The third-order valence-corrected chi connectivity index (χ3v) is 3.05. The summed E-state index contributed by atoms with van der Waals surface area (Å²) in [6.07, 6.45) is 2.72. The van der Waals surface area contributed by atoms with Crippen LogP contribution in [0.1, 0.15) is 26.7 Å². The molecule has 0 aromatic carbocycles. The predicted octanol–water partition coefficient (Wildman–Crippen LogP) is 1.48. The van der Waals surface area contributed by atoms with Crippen molar-refractivity contribution in [2.45, 2.75) is 32.5 Å². The van der Waals surface area contributed by atoms with Gasteiger partial charge in [0.1, 0.15) is 0 Å². The summed E-state index contributed by atoms with van der Waals surface area (Å²) in [5.74, 6) is 0.211. The number of rotatable bonds is 2. The van der Waals surface area contributed by atoms with Gasteiger partial charge in [0.25, 0.3) is 0 Å². The molecule has 0 radical (unpaired) electrons. The van der Waals surface area contributed by atoms with Gasteiger partial charge in [-0.3, -0.25) is 0 Å². The molecule has 0 N–H and O–H groups in total. The third kappa shape index (κ3) is 2.69. The lowest BCUT2D eigenvalue weighted by atomic mass is 10.1. The average molecular weight is 199 g/mol. The highest BCUT2D eigenvalue weighted by Gasteiger charge is 2.29. The molecule has 0 spiro atoms. The van der Waals surface area contributed by atoms with Crippen LogP contribution in [0.3, 0.4) is 0 Å². The summed E-state index contributed by atoms with van der Waals surface area (Å²) < 4.78 is 11.3. The van der Waals surface area contributed by atoms with E-state index in [-0.39, 0.29) is 5.79 Å². The molecule has 2 saturated heterocycles. The van der Waals surface area contributed by atoms with E-state index in [0.29, 0.717) is 5.92 Å². The van der Waals surface area contributed by atoms with Crippen molar-refractivity contribution < 1.29 is 9.47 Å². The van der Waals surface area contributed by atoms with Gasteiger partial charge < -0.3 is 14.4 Å². The molecule has 0 bridgehead atoms. The van der Waals surface area contributed by atoms with Crippen molar-refractivity contribution in [1.82, 2.24) is 4.90 Å². The van der Waals surface area contributed by atoms with Gasteiger partial charge in [-0.2, -0.15) is 0 Å². The van der Waals surface area contributed by atoms with Gasteiger partial charge in [-0.05, 0) is 39.8 Å². The Kier molecular flexibility index (Phi) is 3.10. The Morgan fingerprint density at radius 3 is 2.29 bits per heavy atom. The third-order valence-electron chi connectivity index (χ3n) is 3.05. The fraction of sp³-hybridized carbons (Fsp3) is 1.00. The molecule has 82 valence electrons. The summed E-state index contributed by atoms with van der Waals surface area (Å²) in [5, 5.41) is 0. The minimum atomic E-state index is -0.360. The van der Waals surface area contributed by atoms with Gasteiger partial charge in [-0.1, -0.05) is 0 Å². The standard InChI is InChI=1S/C11H21NO2/c1-11(2)13-8-10(9-14-11)7-12-5-3-4-6-12/h10H,3-9H2,1-2H3. The molecule has 0 aromatic rings. The van der Waals surface area contributed by atoms with Crippen LogP contribution in [0.2, 0.25) is 0 Å². The fourth-order valence-electron chi connectivity index (χ4n) is 2.16. The molecule has 0 atom stereocenters. The van der Waals surface area contributed by atoms with Gasteiger partial charge in [0, 0.05) is 12.5 Å². The Bertz CT molecular complexity index is 178. The smallest absolute Gasteiger partial charge is 0.162 e. The monoisotopic (exact) mass is 199 g/mol. The molecular formula is C11H21NO2. The molecular weight excluding hydrogens is 178 g/mol. The molecule has 0 saturated carbocycles. The van der Waals surface area contributed by atoms with E-state index in [2.05, 4.69) is 4.90 Å². The van der Waals surface area contributed by atoms with E-state index in [1.54, 1.807) is 0 Å². The fourth-order valence-corrected chi connectivity index (χ4v) is 2.16.